The standard InChI is InChI=1S/C18H17N5O2/c24-18(14-6-10-20-11-7-14)23-12-2-1-3-15(23)17-21-16(22-25-17)13-4-8-19-9-5-13/h4-11,15H,1-3,12H2/t15-/m0/s1. The third-order valence-electron chi connectivity index (χ3n) is 4.36. The summed E-state index contributed by atoms with van der Waals surface area (Å²) in [6, 6.07) is 6.91. The summed E-state index contributed by atoms with van der Waals surface area (Å²) >= 11 is 0. The first-order valence-corrected chi connectivity index (χ1v) is 8.28. The Morgan fingerprint density at radius 3 is 2.52 bits per heavy atom. The van der Waals surface area contributed by atoms with E-state index in [0.717, 1.165) is 24.8 Å². The molecule has 0 saturated carbocycles. The largest absolute Gasteiger partial charge is 0.337 e. The van der Waals surface area contributed by atoms with Gasteiger partial charge < -0.3 is 9.42 Å². The zero-order valence-electron chi connectivity index (χ0n) is 13.6. The van der Waals surface area contributed by atoms with Gasteiger partial charge in [0.2, 0.25) is 11.7 Å². The van der Waals surface area contributed by atoms with Crippen molar-refractivity contribution in [3.05, 3.63) is 60.5 Å². The Morgan fingerprint density at radius 1 is 1.04 bits per heavy atom. The molecule has 3 aromatic rings. The molecule has 4 rings (SSSR count). The van der Waals surface area contributed by atoms with Crippen molar-refractivity contribution >= 4 is 5.91 Å². The molecule has 1 fully saturated rings. The lowest BCUT2D eigenvalue weighted by Gasteiger charge is -2.33. The zero-order valence-corrected chi connectivity index (χ0v) is 13.6. The second kappa shape index (κ2) is 6.80. The van der Waals surface area contributed by atoms with E-state index in [1.165, 1.54) is 0 Å². The number of nitrogens with zero attached hydrogens (tertiary/aromatic N) is 5. The lowest BCUT2D eigenvalue weighted by molar-refractivity contribution is 0.0561. The number of carbonyl (C=O) groups excluding carboxylic acids is 1. The third-order valence-corrected chi connectivity index (χ3v) is 4.36. The first-order valence-electron chi connectivity index (χ1n) is 8.28. The topological polar surface area (TPSA) is 85.0 Å². The van der Waals surface area contributed by atoms with Crippen molar-refractivity contribution in [2.24, 2.45) is 0 Å². The average molecular weight is 335 g/mol. The number of aromatic nitrogens is 4. The van der Waals surface area contributed by atoms with Crippen LogP contribution in [0.3, 0.4) is 0 Å². The Morgan fingerprint density at radius 2 is 1.76 bits per heavy atom. The van der Waals surface area contributed by atoms with E-state index < -0.39 is 0 Å². The number of carbonyl (C=O) groups is 1. The van der Waals surface area contributed by atoms with Gasteiger partial charge >= 0.3 is 0 Å². The molecule has 4 heterocycles. The fourth-order valence-electron chi connectivity index (χ4n) is 3.08. The number of pyridine rings is 2. The molecule has 25 heavy (non-hydrogen) atoms. The van der Waals surface area contributed by atoms with Crippen LogP contribution in [0.25, 0.3) is 11.4 Å². The molecule has 7 nitrogen and oxygen atoms in total. The summed E-state index contributed by atoms with van der Waals surface area (Å²) in [6.07, 6.45) is 9.43. The SMILES string of the molecule is O=C(c1ccncc1)N1CCCC[C@H]1c1nc(-c2ccncc2)no1. The first kappa shape index (κ1) is 15.4. The van der Waals surface area contributed by atoms with E-state index in [1.54, 1.807) is 36.9 Å². The fourth-order valence-corrected chi connectivity index (χ4v) is 3.08. The Labute approximate surface area is 144 Å². The summed E-state index contributed by atoms with van der Waals surface area (Å²) < 4.78 is 5.49. The maximum Gasteiger partial charge on any atom is 0.254 e. The number of hydrogen-bond acceptors (Lipinski definition) is 6. The highest BCUT2D eigenvalue weighted by Gasteiger charge is 2.32. The minimum atomic E-state index is -0.197. The van der Waals surface area contributed by atoms with Crippen LogP contribution in [0, 0.1) is 0 Å². The molecule has 1 saturated heterocycles. The van der Waals surface area contributed by atoms with Crippen LogP contribution >= 0.6 is 0 Å². The second-order valence-electron chi connectivity index (χ2n) is 5.94. The van der Waals surface area contributed by atoms with Gasteiger partial charge in [-0.25, -0.2) is 0 Å². The van der Waals surface area contributed by atoms with Gasteiger partial charge in [0.1, 0.15) is 6.04 Å². The molecule has 7 heteroatoms. The quantitative estimate of drug-likeness (QED) is 0.731. The van der Waals surface area contributed by atoms with Crippen molar-refractivity contribution in [2.45, 2.75) is 25.3 Å². The first-order chi connectivity index (χ1) is 12.3. The molecule has 1 amide bonds. The van der Waals surface area contributed by atoms with Gasteiger partial charge in [0.05, 0.1) is 0 Å². The van der Waals surface area contributed by atoms with Gasteiger partial charge in [-0.1, -0.05) is 5.16 Å². The summed E-state index contributed by atoms with van der Waals surface area (Å²) in [7, 11) is 0. The van der Waals surface area contributed by atoms with Crippen LogP contribution in [-0.2, 0) is 0 Å². The Bertz CT molecular complexity index is 850. The maximum absolute atomic E-state index is 12.9. The number of piperidine rings is 1. The van der Waals surface area contributed by atoms with Crippen molar-refractivity contribution in [1.29, 1.82) is 0 Å². The van der Waals surface area contributed by atoms with Crippen LogP contribution < -0.4 is 0 Å². The molecule has 126 valence electrons. The molecule has 0 radical (unpaired) electrons. The molecule has 0 aromatic carbocycles. The second-order valence-corrected chi connectivity index (χ2v) is 5.94. The van der Waals surface area contributed by atoms with Gasteiger partial charge in [0, 0.05) is 42.5 Å². The predicted octanol–water partition coefficient (Wildman–Crippen LogP) is 2.89. The molecule has 1 atom stereocenters. The summed E-state index contributed by atoms with van der Waals surface area (Å²) in [5.74, 6) is 0.962. The number of hydrogen-bond donors (Lipinski definition) is 0. The fraction of sp³-hybridized carbons (Fsp3) is 0.278. The number of likely N-dealkylation sites (tertiary alicyclic amines) is 1. The molecule has 0 unspecified atom stereocenters. The molecule has 1 aliphatic heterocycles. The zero-order chi connectivity index (χ0) is 17.1. The highest BCUT2D eigenvalue weighted by Crippen LogP contribution is 2.32. The molecular formula is C18H17N5O2. The molecule has 3 aromatic heterocycles. The number of rotatable bonds is 3. The monoisotopic (exact) mass is 335 g/mol. The van der Waals surface area contributed by atoms with Gasteiger partial charge in [-0.3, -0.25) is 14.8 Å². The van der Waals surface area contributed by atoms with Crippen LogP contribution in [0.5, 0.6) is 0 Å². The highest BCUT2D eigenvalue weighted by molar-refractivity contribution is 5.94. The van der Waals surface area contributed by atoms with Crippen LogP contribution in [0.1, 0.15) is 41.6 Å². The van der Waals surface area contributed by atoms with E-state index in [9.17, 15) is 4.79 Å². The van der Waals surface area contributed by atoms with Gasteiger partial charge in [-0.05, 0) is 43.5 Å². The highest BCUT2D eigenvalue weighted by atomic mass is 16.5. The Kier molecular flexibility index (Phi) is 4.20. The predicted molar refractivity (Wildman–Crippen MR) is 89.4 cm³/mol. The summed E-state index contributed by atoms with van der Waals surface area (Å²) in [5.41, 5.74) is 1.46. The minimum Gasteiger partial charge on any atom is -0.337 e. The van der Waals surface area contributed by atoms with Gasteiger partial charge in [-0.15, -0.1) is 0 Å². The summed E-state index contributed by atoms with van der Waals surface area (Å²) in [5, 5.41) is 4.07. The van der Waals surface area contributed by atoms with E-state index in [-0.39, 0.29) is 11.9 Å². The Hall–Kier alpha value is -3.09. The molecule has 0 N–H and O–H groups in total. The molecule has 0 aliphatic carbocycles. The normalized spacial score (nSPS) is 17.4. The molecule has 0 spiro atoms. The van der Waals surface area contributed by atoms with Crippen LogP contribution in [-0.4, -0.2) is 37.5 Å². The van der Waals surface area contributed by atoms with Crippen molar-refractivity contribution in [1.82, 2.24) is 25.0 Å². The molecule has 1 aliphatic rings. The minimum absolute atomic E-state index is 0.0317. The lowest BCUT2D eigenvalue weighted by atomic mass is 10.0. The smallest absolute Gasteiger partial charge is 0.254 e. The summed E-state index contributed by atoms with van der Waals surface area (Å²) in [6.45, 7) is 0.679. The van der Waals surface area contributed by atoms with Crippen LogP contribution in [0.2, 0.25) is 0 Å². The van der Waals surface area contributed by atoms with E-state index in [0.29, 0.717) is 23.8 Å². The van der Waals surface area contributed by atoms with Gasteiger partial charge in [-0.2, -0.15) is 4.98 Å². The van der Waals surface area contributed by atoms with Crippen LogP contribution in [0.4, 0.5) is 0 Å². The Balaban J connectivity index is 1.62. The van der Waals surface area contributed by atoms with Gasteiger partial charge in [0.15, 0.2) is 0 Å². The van der Waals surface area contributed by atoms with E-state index in [1.807, 2.05) is 17.0 Å². The molecular weight excluding hydrogens is 318 g/mol. The van der Waals surface area contributed by atoms with E-state index >= 15 is 0 Å². The van der Waals surface area contributed by atoms with Crippen molar-refractivity contribution in [2.75, 3.05) is 6.54 Å². The van der Waals surface area contributed by atoms with E-state index in [2.05, 4.69) is 20.1 Å². The van der Waals surface area contributed by atoms with E-state index in [4.69, 9.17) is 4.52 Å². The maximum atomic E-state index is 12.9. The third kappa shape index (κ3) is 3.13. The molecule has 0 bridgehead atoms. The number of amides is 1. The van der Waals surface area contributed by atoms with Gasteiger partial charge in [0.25, 0.3) is 5.91 Å². The van der Waals surface area contributed by atoms with Crippen LogP contribution in [0.15, 0.2) is 53.6 Å². The van der Waals surface area contributed by atoms with Crippen molar-refractivity contribution < 1.29 is 9.32 Å². The van der Waals surface area contributed by atoms with Crippen molar-refractivity contribution in [3.63, 3.8) is 0 Å². The lowest BCUT2D eigenvalue weighted by Crippen LogP contribution is -2.38. The summed E-state index contributed by atoms with van der Waals surface area (Å²) in [4.78, 5) is 27.2. The average Bonchev–Trinajstić information content (AvgIpc) is 3.19. The van der Waals surface area contributed by atoms with Crippen molar-refractivity contribution in [3.8, 4) is 11.4 Å².